The van der Waals surface area contributed by atoms with Gasteiger partial charge < -0.3 is 10.4 Å². The zero-order chi connectivity index (χ0) is 15.6. The number of carbonyl (C=O) groups is 2. The third kappa shape index (κ3) is 2.86. The van der Waals surface area contributed by atoms with Crippen LogP contribution in [-0.2, 0) is 4.79 Å². The maximum atomic E-state index is 12.3. The highest BCUT2D eigenvalue weighted by atomic mass is 16.6. The second-order valence-corrected chi connectivity index (χ2v) is 5.30. The standard InChI is InChI=1S/C14H16N2O5/c1-9-4-5-10(16(20)21)8-11(9)12(17)15-14(13(18)19)6-2-3-7-14/h4-5,8H,2-3,6-7H2,1H3,(H,15,17)(H,18,19). The summed E-state index contributed by atoms with van der Waals surface area (Å²) in [7, 11) is 0. The Labute approximate surface area is 121 Å². The summed E-state index contributed by atoms with van der Waals surface area (Å²) < 4.78 is 0. The number of nitro benzene ring substituents is 1. The number of benzene rings is 1. The Balaban J connectivity index is 2.30. The minimum atomic E-state index is -1.26. The Morgan fingerprint density at radius 1 is 1.33 bits per heavy atom. The third-order valence-electron chi connectivity index (χ3n) is 3.90. The van der Waals surface area contributed by atoms with Gasteiger partial charge in [-0.15, -0.1) is 0 Å². The predicted octanol–water partition coefficient (Wildman–Crippen LogP) is 2.03. The summed E-state index contributed by atoms with van der Waals surface area (Å²) in [6, 6.07) is 3.97. The Hall–Kier alpha value is -2.44. The normalized spacial score (nSPS) is 16.4. The van der Waals surface area contributed by atoms with E-state index in [-0.39, 0.29) is 11.3 Å². The van der Waals surface area contributed by atoms with Gasteiger partial charge in [0.1, 0.15) is 5.54 Å². The van der Waals surface area contributed by atoms with Gasteiger partial charge in [0.25, 0.3) is 11.6 Å². The van der Waals surface area contributed by atoms with Gasteiger partial charge >= 0.3 is 5.97 Å². The second kappa shape index (κ2) is 5.51. The third-order valence-corrected chi connectivity index (χ3v) is 3.90. The number of aliphatic carboxylic acids is 1. The first-order valence-electron chi connectivity index (χ1n) is 6.67. The van der Waals surface area contributed by atoms with E-state index in [0.29, 0.717) is 18.4 Å². The van der Waals surface area contributed by atoms with E-state index in [1.807, 2.05) is 0 Å². The van der Waals surface area contributed by atoms with Gasteiger partial charge in [-0.25, -0.2) is 4.79 Å². The van der Waals surface area contributed by atoms with Crippen molar-refractivity contribution in [3.05, 3.63) is 39.4 Å². The molecule has 0 heterocycles. The van der Waals surface area contributed by atoms with Crippen molar-refractivity contribution in [2.75, 3.05) is 0 Å². The number of nitrogens with one attached hydrogen (secondary N) is 1. The number of hydrogen-bond donors (Lipinski definition) is 2. The molecule has 1 aromatic rings. The van der Waals surface area contributed by atoms with Gasteiger partial charge in [0.05, 0.1) is 4.92 Å². The van der Waals surface area contributed by atoms with Gasteiger partial charge in [-0.2, -0.15) is 0 Å². The maximum Gasteiger partial charge on any atom is 0.329 e. The van der Waals surface area contributed by atoms with Crippen molar-refractivity contribution in [2.24, 2.45) is 0 Å². The minimum Gasteiger partial charge on any atom is -0.480 e. The van der Waals surface area contributed by atoms with Crippen LogP contribution in [0.3, 0.4) is 0 Å². The minimum absolute atomic E-state index is 0.136. The highest BCUT2D eigenvalue weighted by molar-refractivity contribution is 5.99. The summed E-state index contributed by atoms with van der Waals surface area (Å²) in [5.41, 5.74) is -0.747. The van der Waals surface area contributed by atoms with Crippen molar-refractivity contribution < 1.29 is 19.6 Å². The number of rotatable bonds is 4. The summed E-state index contributed by atoms with van der Waals surface area (Å²) in [5.74, 6) is -1.64. The molecule has 1 fully saturated rings. The molecule has 0 saturated heterocycles. The first kappa shape index (κ1) is 15.0. The van der Waals surface area contributed by atoms with Crippen molar-refractivity contribution >= 4 is 17.6 Å². The molecule has 7 nitrogen and oxygen atoms in total. The van der Waals surface area contributed by atoms with Crippen LogP contribution < -0.4 is 5.32 Å². The number of carboxylic acid groups (broad SMARTS) is 1. The maximum absolute atomic E-state index is 12.3. The van der Waals surface area contributed by atoms with Crippen LogP contribution in [0.1, 0.15) is 41.6 Å². The summed E-state index contributed by atoms with van der Waals surface area (Å²) in [5, 5.41) is 22.7. The predicted molar refractivity (Wildman–Crippen MR) is 74.1 cm³/mol. The van der Waals surface area contributed by atoms with Crippen LogP contribution in [-0.4, -0.2) is 27.4 Å². The molecule has 1 aromatic carbocycles. The van der Waals surface area contributed by atoms with E-state index in [0.717, 1.165) is 12.8 Å². The van der Waals surface area contributed by atoms with Crippen LogP contribution in [0.2, 0.25) is 0 Å². The molecule has 112 valence electrons. The van der Waals surface area contributed by atoms with Crippen molar-refractivity contribution in [2.45, 2.75) is 38.1 Å². The fraction of sp³-hybridized carbons (Fsp3) is 0.429. The molecule has 0 radical (unpaired) electrons. The molecule has 0 aliphatic heterocycles. The summed E-state index contributed by atoms with van der Waals surface area (Å²) >= 11 is 0. The monoisotopic (exact) mass is 292 g/mol. The molecule has 1 aliphatic rings. The van der Waals surface area contributed by atoms with E-state index >= 15 is 0 Å². The van der Waals surface area contributed by atoms with E-state index in [1.54, 1.807) is 6.92 Å². The lowest BCUT2D eigenvalue weighted by atomic mass is 9.96. The lowest BCUT2D eigenvalue weighted by Gasteiger charge is -2.25. The van der Waals surface area contributed by atoms with E-state index in [9.17, 15) is 24.8 Å². The largest absolute Gasteiger partial charge is 0.480 e. The van der Waals surface area contributed by atoms with Gasteiger partial charge in [0, 0.05) is 17.7 Å². The van der Waals surface area contributed by atoms with Gasteiger partial charge in [-0.05, 0) is 25.3 Å². The molecule has 0 spiro atoms. The Morgan fingerprint density at radius 3 is 2.48 bits per heavy atom. The fourth-order valence-electron chi connectivity index (χ4n) is 2.62. The molecule has 1 amide bonds. The SMILES string of the molecule is Cc1ccc([N+](=O)[O-])cc1C(=O)NC1(C(=O)O)CCCC1. The first-order chi connectivity index (χ1) is 9.85. The number of aryl methyl sites for hydroxylation is 1. The highest BCUT2D eigenvalue weighted by Crippen LogP contribution is 2.30. The van der Waals surface area contributed by atoms with Crippen LogP contribution in [0.4, 0.5) is 5.69 Å². The van der Waals surface area contributed by atoms with E-state index in [4.69, 9.17) is 0 Å². The van der Waals surface area contributed by atoms with Crippen molar-refractivity contribution in [1.82, 2.24) is 5.32 Å². The molecular weight excluding hydrogens is 276 g/mol. The van der Waals surface area contributed by atoms with Gasteiger partial charge in [-0.3, -0.25) is 14.9 Å². The first-order valence-corrected chi connectivity index (χ1v) is 6.67. The Morgan fingerprint density at radius 2 is 1.95 bits per heavy atom. The number of nitro groups is 1. The lowest BCUT2D eigenvalue weighted by Crippen LogP contribution is -2.52. The summed E-state index contributed by atoms with van der Waals surface area (Å²) in [6.45, 7) is 1.65. The van der Waals surface area contributed by atoms with Crippen LogP contribution in [0, 0.1) is 17.0 Å². The van der Waals surface area contributed by atoms with Crippen LogP contribution in [0.5, 0.6) is 0 Å². The average molecular weight is 292 g/mol. The summed E-state index contributed by atoms with van der Waals surface area (Å²) in [4.78, 5) is 33.9. The van der Waals surface area contributed by atoms with Gasteiger partial charge in [-0.1, -0.05) is 18.9 Å². The smallest absolute Gasteiger partial charge is 0.329 e. The molecular formula is C14H16N2O5. The second-order valence-electron chi connectivity index (χ2n) is 5.30. The number of carbonyl (C=O) groups excluding carboxylic acids is 1. The van der Waals surface area contributed by atoms with Gasteiger partial charge in [0.2, 0.25) is 0 Å². The van der Waals surface area contributed by atoms with E-state index < -0.39 is 22.3 Å². The average Bonchev–Trinajstić information content (AvgIpc) is 2.88. The molecule has 2 rings (SSSR count). The molecule has 1 aliphatic carbocycles. The molecule has 0 bridgehead atoms. The van der Waals surface area contributed by atoms with Crippen molar-refractivity contribution in [3.8, 4) is 0 Å². The topological polar surface area (TPSA) is 110 Å². The molecule has 0 atom stereocenters. The van der Waals surface area contributed by atoms with E-state index in [1.165, 1.54) is 18.2 Å². The fourth-order valence-corrected chi connectivity index (χ4v) is 2.62. The van der Waals surface area contributed by atoms with Crippen molar-refractivity contribution in [1.29, 1.82) is 0 Å². The van der Waals surface area contributed by atoms with Crippen LogP contribution >= 0.6 is 0 Å². The Bertz CT molecular complexity index is 605. The Kier molecular flexibility index (Phi) is 3.93. The van der Waals surface area contributed by atoms with E-state index in [2.05, 4.69) is 5.32 Å². The number of nitrogens with zero attached hydrogens (tertiary/aromatic N) is 1. The zero-order valence-electron chi connectivity index (χ0n) is 11.6. The molecule has 2 N–H and O–H groups in total. The van der Waals surface area contributed by atoms with Crippen molar-refractivity contribution in [3.63, 3.8) is 0 Å². The van der Waals surface area contributed by atoms with Crippen LogP contribution in [0.25, 0.3) is 0 Å². The number of non-ortho nitro benzene ring substituents is 1. The zero-order valence-corrected chi connectivity index (χ0v) is 11.6. The quantitative estimate of drug-likeness (QED) is 0.651. The summed E-state index contributed by atoms with van der Waals surface area (Å²) in [6.07, 6.45) is 2.23. The lowest BCUT2D eigenvalue weighted by molar-refractivity contribution is -0.384. The highest BCUT2D eigenvalue weighted by Gasteiger charge is 2.42. The van der Waals surface area contributed by atoms with Gasteiger partial charge in [0.15, 0.2) is 0 Å². The molecule has 21 heavy (non-hydrogen) atoms. The number of hydrogen-bond acceptors (Lipinski definition) is 4. The molecule has 0 unspecified atom stereocenters. The van der Waals surface area contributed by atoms with Crippen LogP contribution in [0.15, 0.2) is 18.2 Å². The molecule has 7 heteroatoms. The number of carboxylic acids is 1. The molecule has 1 saturated carbocycles. The number of amides is 1. The molecule has 0 aromatic heterocycles.